The Morgan fingerprint density at radius 3 is 2.33 bits per heavy atom. The van der Waals surface area contributed by atoms with Crippen LogP contribution < -0.4 is 9.64 Å². The molecule has 2 aromatic carbocycles. The average molecular weight is 367 g/mol. The first-order valence-corrected chi connectivity index (χ1v) is 9.70. The maximum atomic E-state index is 12.8. The van der Waals surface area contributed by atoms with Crippen molar-refractivity contribution in [3.63, 3.8) is 0 Å². The summed E-state index contributed by atoms with van der Waals surface area (Å²) in [6.07, 6.45) is -0.473. The van der Waals surface area contributed by atoms with Gasteiger partial charge in [-0.05, 0) is 63.4 Å². The third kappa shape index (κ3) is 4.26. The van der Waals surface area contributed by atoms with Crippen LogP contribution in [0.25, 0.3) is 0 Å². The third-order valence-corrected chi connectivity index (χ3v) is 5.49. The largest absolute Gasteiger partial charge is 0.481 e. The topological polar surface area (TPSA) is 32.8 Å². The van der Waals surface area contributed by atoms with E-state index in [-0.39, 0.29) is 5.91 Å². The van der Waals surface area contributed by atoms with Crippen molar-refractivity contribution in [3.8, 4) is 5.75 Å². The van der Waals surface area contributed by atoms with Crippen LogP contribution in [0.15, 0.2) is 36.4 Å². The molecule has 27 heavy (non-hydrogen) atoms. The highest BCUT2D eigenvalue weighted by atomic mass is 16.5. The number of hydrogen-bond donors (Lipinski definition) is 0. The van der Waals surface area contributed by atoms with Crippen LogP contribution >= 0.6 is 0 Å². The van der Waals surface area contributed by atoms with Crippen molar-refractivity contribution in [2.45, 2.75) is 40.7 Å². The molecule has 1 amide bonds. The summed E-state index contributed by atoms with van der Waals surface area (Å²) in [6.45, 7) is 13.4. The van der Waals surface area contributed by atoms with Crippen molar-refractivity contribution in [1.29, 1.82) is 0 Å². The van der Waals surface area contributed by atoms with Crippen molar-refractivity contribution in [2.75, 3.05) is 31.1 Å². The molecule has 4 nitrogen and oxygen atoms in total. The Morgan fingerprint density at radius 2 is 1.67 bits per heavy atom. The van der Waals surface area contributed by atoms with Crippen molar-refractivity contribution >= 4 is 11.6 Å². The Labute approximate surface area is 162 Å². The fourth-order valence-corrected chi connectivity index (χ4v) is 3.68. The minimum Gasteiger partial charge on any atom is -0.481 e. The molecule has 4 heteroatoms. The molecule has 0 spiro atoms. The molecule has 0 aliphatic carbocycles. The number of carbonyl (C=O) groups excluding carboxylic acids is 1. The second-order valence-corrected chi connectivity index (χ2v) is 7.56. The van der Waals surface area contributed by atoms with Gasteiger partial charge < -0.3 is 14.5 Å². The summed E-state index contributed by atoms with van der Waals surface area (Å²) >= 11 is 0. The van der Waals surface area contributed by atoms with Crippen LogP contribution in [-0.2, 0) is 4.79 Å². The molecule has 1 atom stereocenters. The molecule has 0 aromatic heterocycles. The van der Waals surface area contributed by atoms with Gasteiger partial charge in [0.1, 0.15) is 5.75 Å². The molecule has 0 bridgehead atoms. The second kappa shape index (κ2) is 8.03. The SMILES string of the molecule is Cc1ccc(O[C@@H](C)C(=O)N2CCN(c3cccc(C)c3C)CC2)c(C)c1. The van der Waals surface area contributed by atoms with Gasteiger partial charge in [0.2, 0.25) is 0 Å². The van der Waals surface area contributed by atoms with Crippen LogP contribution in [0, 0.1) is 27.7 Å². The molecule has 0 saturated carbocycles. The summed E-state index contributed by atoms with van der Waals surface area (Å²) in [4.78, 5) is 17.1. The lowest BCUT2D eigenvalue weighted by atomic mass is 10.1. The standard InChI is InChI=1S/C23H30N2O2/c1-16-9-10-22(18(3)15-16)27-20(5)23(26)25-13-11-24(12-14-25)21-8-6-7-17(2)19(21)4/h6-10,15,20H,11-14H2,1-5H3/t20-/m0/s1. The molecule has 2 aromatic rings. The first kappa shape index (κ1) is 19.3. The molecule has 1 saturated heterocycles. The maximum Gasteiger partial charge on any atom is 0.263 e. The van der Waals surface area contributed by atoms with Crippen molar-refractivity contribution in [1.82, 2.24) is 4.90 Å². The number of amides is 1. The van der Waals surface area contributed by atoms with E-state index in [1.54, 1.807) is 0 Å². The van der Waals surface area contributed by atoms with Gasteiger partial charge in [-0.25, -0.2) is 0 Å². The van der Waals surface area contributed by atoms with Gasteiger partial charge in [-0.1, -0.05) is 29.8 Å². The Hall–Kier alpha value is -2.49. The van der Waals surface area contributed by atoms with E-state index in [2.05, 4.69) is 49.9 Å². The van der Waals surface area contributed by atoms with Gasteiger partial charge in [0.05, 0.1) is 0 Å². The first-order valence-electron chi connectivity index (χ1n) is 9.70. The van der Waals surface area contributed by atoms with Crippen LogP contribution in [-0.4, -0.2) is 43.1 Å². The lowest BCUT2D eigenvalue weighted by Gasteiger charge is -2.38. The van der Waals surface area contributed by atoms with Gasteiger partial charge in [0.25, 0.3) is 5.91 Å². The summed E-state index contributed by atoms with van der Waals surface area (Å²) in [5.41, 5.74) is 6.17. The smallest absolute Gasteiger partial charge is 0.263 e. The number of benzene rings is 2. The van der Waals surface area contributed by atoms with Gasteiger partial charge in [-0.3, -0.25) is 4.79 Å². The normalized spacial score (nSPS) is 15.6. The van der Waals surface area contributed by atoms with Gasteiger partial charge in [0, 0.05) is 31.9 Å². The second-order valence-electron chi connectivity index (χ2n) is 7.56. The molecular weight excluding hydrogens is 336 g/mol. The summed E-state index contributed by atoms with van der Waals surface area (Å²) in [5, 5.41) is 0. The number of nitrogens with zero attached hydrogens (tertiary/aromatic N) is 2. The molecular formula is C23H30N2O2. The predicted octanol–water partition coefficient (Wildman–Crippen LogP) is 4.04. The summed E-state index contributed by atoms with van der Waals surface area (Å²) in [5.74, 6) is 0.853. The van der Waals surface area contributed by atoms with Gasteiger partial charge in [-0.15, -0.1) is 0 Å². The van der Waals surface area contributed by atoms with Gasteiger partial charge in [0.15, 0.2) is 6.10 Å². The molecule has 0 radical (unpaired) electrons. The van der Waals surface area contributed by atoms with Crippen molar-refractivity contribution in [2.24, 2.45) is 0 Å². The number of anilines is 1. The highest BCUT2D eigenvalue weighted by Crippen LogP contribution is 2.24. The summed E-state index contributed by atoms with van der Waals surface area (Å²) in [7, 11) is 0. The number of carbonyl (C=O) groups is 1. The number of ether oxygens (including phenoxy) is 1. The maximum absolute atomic E-state index is 12.8. The average Bonchev–Trinajstić information content (AvgIpc) is 2.66. The highest BCUT2D eigenvalue weighted by molar-refractivity contribution is 5.81. The van der Waals surface area contributed by atoms with Crippen molar-refractivity contribution in [3.05, 3.63) is 58.7 Å². The zero-order valence-corrected chi connectivity index (χ0v) is 17.1. The predicted molar refractivity (Wildman–Crippen MR) is 111 cm³/mol. The Kier molecular flexibility index (Phi) is 5.73. The molecule has 1 aliphatic rings. The first-order chi connectivity index (χ1) is 12.9. The number of aryl methyl sites for hydroxylation is 3. The minimum atomic E-state index is -0.473. The van der Waals surface area contributed by atoms with Crippen molar-refractivity contribution < 1.29 is 9.53 Å². The monoisotopic (exact) mass is 366 g/mol. The van der Waals surface area contributed by atoms with E-state index in [1.165, 1.54) is 22.4 Å². The van der Waals surface area contributed by atoms with E-state index in [1.807, 2.05) is 30.9 Å². The van der Waals surface area contributed by atoms with E-state index in [0.717, 1.165) is 37.5 Å². The Morgan fingerprint density at radius 1 is 0.963 bits per heavy atom. The molecule has 1 heterocycles. The quantitative estimate of drug-likeness (QED) is 0.819. The molecule has 144 valence electrons. The molecule has 0 unspecified atom stereocenters. The molecule has 1 aliphatic heterocycles. The Bertz CT molecular complexity index is 823. The summed E-state index contributed by atoms with van der Waals surface area (Å²) < 4.78 is 5.96. The fraction of sp³-hybridized carbons (Fsp3) is 0.435. The van der Waals surface area contributed by atoms with Crippen LogP contribution in [0.3, 0.4) is 0 Å². The zero-order chi connectivity index (χ0) is 19.6. The third-order valence-electron chi connectivity index (χ3n) is 5.49. The van der Waals surface area contributed by atoms with Gasteiger partial charge >= 0.3 is 0 Å². The molecule has 3 rings (SSSR count). The summed E-state index contributed by atoms with van der Waals surface area (Å²) in [6, 6.07) is 12.5. The lowest BCUT2D eigenvalue weighted by molar-refractivity contribution is -0.138. The van der Waals surface area contributed by atoms with Crippen LogP contribution in [0.5, 0.6) is 5.75 Å². The van der Waals surface area contributed by atoms with E-state index in [4.69, 9.17) is 4.74 Å². The van der Waals surface area contributed by atoms with E-state index in [9.17, 15) is 4.79 Å². The zero-order valence-electron chi connectivity index (χ0n) is 17.1. The van der Waals surface area contributed by atoms with E-state index < -0.39 is 6.10 Å². The minimum absolute atomic E-state index is 0.0654. The van der Waals surface area contributed by atoms with Crippen LogP contribution in [0.4, 0.5) is 5.69 Å². The van der Waals surface area contributed by atoms with Gasteiger partial charge in [-0.2, -0.15) is 0 Å². The van der Waals surface area contributed by atoms with E-state index in [0.29, 0.717) is 0 Å². The fourth-order valence-electron chi connectivity index (χ4n) is 3.68. The van der Waals surface area contributed by atoms with E-state index >= 15 is 0 Å². The van der Waals surface area contributed by atoms with Crippen LogP contribution in [0.2, 0.25) is 0 Å². The Balaban J connectivity index is 1.60. The molecule has 0 N–H and O–H groups in total. The highest BCUT2D eigenvalue weighted by Gasteiger charge is 2.27. The molecule has 1 fully saturated rings. The van der Waals surface area contributed by atoms with Crippen LogP contribution in [0.1, 0.15) is 29.2 Å². The lowest BCUT2D eigenvalue weighted by Crippen LogP contribution is -2.52. The number of rotatable bonds is 4. The number of hydrogen-bond acceptors (Lipinski definition) is 3. The number of piperazine rings is 1.